The van der Waals surface area contributed by atoms with E-state index in [0.29, 0.717) is 16.7 Å². The molecule has 0 aliphatic heterocycles. The smallest absolute Gasteiger partial charge is 0.0545 e. The van der Waals surface area contributed by atoms with Crippen LogP contribution in [0.4, 0.5) is 0 Å². The molecule has 4 saturated carbocycles. The van der Waals surface area contributed by atoms with Gasteiger partial charge in [-0.2, -0.15) is 0 Å². The van der Waals surface area contributed by atoms with Gasteiger partial charge in [0.15, 0.2) is 0 Å². The lowest BCUT2D eigenvalue weighted by molar-refractivity contribution is -0.123. The van der Waals surface area contributed by atoms with Crippen LogP contribution in [0.25, 0.3) is 0 Å². The van der Waals surface area contributed by atoms with E-state index in [2.05, 4.69) is 20.8 Å². The highest BCUT2D eigenvalue weighted by Crippen LogP contribution is 2.68. The van der Waals surface area contributed by atoms with Gasteiger partial charge in [0.05, 0.1) is 6.10 Å². The molecule has 1 N–H and O–H groups in total. The number of aliphatic hydroxyl groups excluding tert-OH is 1. The molecule has 0 spiro atoms. The van der Waals surface area contributed by atoms with Gasteiger partial charge in [-0.05, 0) is 105 Å². The van der Waals surface area contributed by atoms with Gasteiger partial charge in [-0.3, -0.25) is 0 Å². The molecular weight excluding hydrogens is 280 g/mol. The van der Waals surface area contributed by atoms with Crippen LogP contribution >= 0.6 is 0 Å². The Kier molecular flexibility index (Phi) is 3.91. The van der Waals surface area contributed by atoms with Gasteiger partial charge in [0.2, 0.25) is 0 Å². The van der Waals surface area contributed by atoms with Crippen LogP contribution in [0, 0.1) is 46.3 Å². The third-order valence-corrected chi connectivity index (χ3v) is 9.58. The topological polar surface area (TPSA) is 20.2 Å². The number of rotatable bonds is 1. The maximum absolute atomic E-state index is 10.3. The molecule has 132 valence electrons. The molecule has 0 saturated heterocycles. The highest BCUT2D eigenvalue weighted by Gasteiger charge is 2.60. The zero-order valence-electron chi connectivity index (χ0n) is 15.9. The van der Waals surface area contributed by atoms with Gasteiger partial charge in [-0.1, -0.05) is 27.2 Å². The molecule has 0 aromatic rings. The predicted molar refractivity (Wildman–Crippen MR) is 96.1 cm³/mol. The van der Waals surface area contributed by atoms with E-state index in [0.717, 1.165) is 29.6 Å². The van der Waals surface area contributed by atoms with E-state index in [-0.39, 0.29) is 6.10 Å². The molecule has 0 radical (unpaired) electrons. The van der Waals surface area contributed by atoms with Crippen LogP contribution in [0.5, 0.6) is 0 Å². The minimum atomic E-state index is -0.107. The molecule has 4 fully saturated rings. The summed E-state index contributed by atoms with van der Waals surface area (Å²) < 4.78 is 0. The number of aliphatic hydroxyl groups is 1. The quantitative estimate of drug-likeness (QED) is 0.661. The fraction of sp³-hybridized carbons (Fsp3) is 1.00. The molecule has 0 aromatic carbocycles. The van der Waals surface area contributed by atoms with Gasteiger partial charge in [-0.25, -0.2) is 0 Å². The van der Waals surface area contributed by atoms with E-state index in [1.165, 1.54) is 57.8 Å². The molecule has 4 rings (SSSR count). The van der Waals surface area contributed by atoms with Crippen molar-refractivity contribution in [1.82, 2.24) is 0 Å². The molecule has 1 nitrogen and oxygen atoms in total. The van der Waals surface area contributed by atoms with Crippen molar-refractivity contribution in [1.29, 1.82) is 0 Å². The SMILES string of the molecule is C[C@H]1CC[C@]2(C)C3CC[C@@]4(C)C(CC[C@@H]4[C@H](C)O)C3CC[C@H]2C1. The third-order valence-electron chi connectivity index (χ3n) is 9.58. The van der Waals surface area contributed by atoms with Crippen LogP contribution in [0.2, 0.25) is 0 Å². The second-order valence-electron chi connectivity index (χ2n) is 10.5. The van der Waals surface area contributed by atoms with Crippen LogP contribution in [0.3, 0.4) is 0 Å². The molecule has 0 amide bonds. The van der Waals surface area contributed by atoms with Crippen molar-refractivity contribution >= 4 is 0 Å². The van der Waals surface area contributed by atoms with E-state index in [1.54, 1.807) is 0 Å². The molecule has 0 heterocycles. The zero-order chi connectivity index (χ0) is 16.4. The summed E-state index contributed by atoms with van der Waals surface area (Å²) in [5, 5.41) is 10.3. The Labute approximate surface area is 143 Å². The average molecular weight is 319 g/mol. The number of hydrogen-bond donors (Lipinski definition) is 1. The van der Waals surface area contributed by atoms with Crippen molar-refractivity contribution in [2.45, 2.75) is 91.6 Å². The minimum Gasteiger partial charge on any atom is -0.393 e. The van der Waals surface area contributed by atoms with Crippen molar-refractivity contribution in [3.63, 3.8) is 0 Å². The van der Waals surface area contributed by atoms with Gasteiger partial charge in [-0.15, -0.1) is 0 Å². The third kappa shape index (κ3) is 2.28. The standard InChI is InChI=1S/C22H38O/c1-14-9-11-21(3)16(13-14)5-6-17-19-8-7-18(15(2)23)22(19,4)12-10-20(17)21/h14-20,23H,5-13H2,1-4H3/t14-,15-,16-,17?,18+,19?,20?,21-,22+/m0/s1. The van der Waals surface area contributed by atoms with E-state index in [4.69, 9.17) is 0 Å². The lowest BCUT2D eigenvalue weighted by Gasteiger charge is -2.61. The Hall–Kier alpha value is -0.0400. The first-order valence-corrected chi connectivity index (χ1v) is 10.5. The minimum absolute atomic E-state index is 0.107. The fourth-order valence-electron chi connectivity index (χ4n) is 8.31. The highest BCUT2D eigenvalue weighted by atomic mass is 16.3. The van der Waals surface area contributed by atoms with Crippen molar-refractivity contribution in [2.75, 3.05) is 0 Å². The normalized spacial score (nSPS) is 57.3. The first-order valence-electron chi connectivity index (χ1n) is 10.5. The van der Waals surface area contributed by atoms with E-state index in [9.17, 15) is 5.11 Å². The van der Waals surface area contributed by atoms with Gasteiger partial charge < -0.3 is 5.11 Å². The summed E-state index contributed by atoms with van der Waals surface area (Å²) in [6, 6.07) is 0. The van der Waals surface area contributed by atoms with Crippen molar-refractivity contribution in [3.8, 4) is 0 Å². The Morgan fingerprint density at radius 2 is 1.57 bits per heavy atom. The monoisotopic (exact) mass is 318 g/mol. The lowest BCUT2D eigenvalue weighted by Crippen LogP contribution is -2.53. The molecule has 4 aliphatic rings. The predicted octanol–water partition coefficient (Wildman–Crippen LogP) is 5.66. The lowest BCUT2D eigenvalue weighted by atomic mass is 9.44. The molecule has 0 bridgehead atoms. The largest absolute Gasteiger partial charge is 0.393 e. The number of hydrogen-bond acceptors (Lipinski definition) is 1. The van der Waals surface area contributed by atoms with Crippen LogP contribution in [-0.4, -0.2) is 11.2 Å². The summed E-state index contributed by atoms with van der Waals surface area (Å²) in [4.78, 5) is 0. The zero-order valence-corrected chi connectivity index (χ0v) is 15.9. The first-order chi connectivity index (χ1) is 10.9. The molecule has 3 unspecified atom stereocenters. The van der Waals surface area contributed by atoms with Gasteiger partial charge in [0.1, 0.15) is 0 Å². The van der Waals surface area contributed by atoms with Crippen LogP contribution in [0.15, 0.2) is 0 Å². The van der Waals surface area contributed by atoms with Crippen molar-refractivity contribution in [3.05, 3.63) is 0 Å². The van der Waals surface area contributed by atoms with Gasteiger partial charge in [0, 0.05) is 0 Å². The molecule has 1 heteroatoms. The summed E-state index contributed by atoms with van der Waals surface area (Å²) in [5.74, 6) is 5.38. The molecule has 23 heavy (non-hydrogen) atoms. The maximum atomic E-state index is 10.3. The first kappa shape index (κ1) is 16.4. The fourth-order valence-corrected chi connectivity index (χ4v) is 8.31. The van der Waals surface area contributed by atoms with E-state index >= 15 is 0 Å². The average Bonchev–Trinajstić information content (AvgIpc) is 2.85. The van der Waals surface area contributed by atoms with E-state index < -0.39 is 0 Å². The van der Waals surface area contributed by atoms with Crippen LogP contribution < -0.4 is 0 Å². The summed E-state index contributed by atoms with van der Waals surface area (Å²) in [7, 11) is 0. The Bertz CT molecular complexity index is 457. The molecule has 4 aliphatic carbocycles. The second kappa shape index (κ2) is 5.48. The van der Waals surface area contributed by atoms with Crippen LogP contribution in [0.1, 0.15) is 85.5 Å². The molecule has 0 aromatic heterocycles. The van der Waals surface area contributed by atoms with Crippen LogP contribution in [-0.2, 0) is 0 Å². The van der Waals surface area contributed by atoms with E-state index in [1.807, 2.05) is 6.92 Å². The summed E-state index contributed by atoms with van der Waals surface area (Å²) >= 11 is 0. The Balaban J connectivity index is 1.60. The van der Waals surface area contributed by atoms with Crippen molar-refractivity contribution < 1.29 is 5.11 Å². The molecule has 9 atom stereocenters. The second-order valence-corrected chi connectivity index (χ2v) is 10.5. The van der Waals surface area contributed by atoms with Gasteiger partial charge >= 0.3 is 0 Å². The highest BCUT2D eigenvalue weighted by molar-refractivity contribution is 5.09. The summed E-state index contributed by atoms with van der Waals surface area (Å²) in [6.45, 7) is 9.73. The molecular formula is C22H38O. The Morgan fingerprint density at radius 1 is 0.870 bits per heavy atom. The maximum Gasteiger partial charge on any atom is 0.0545 e. The Morgan fingerprint density at radius 3 is 2.30 bits per heavy atom. The number of fused-ring (bicyclic) bond motifs is 5. The summed E-state index contributed by atoms with van der Waals surface area (Å²) in [5.41, 5.74) is 1.07. The summed E-state index contributed by atoms with van der Waals surface area (Å²) in [6.07, 6.45) is 12.8. The van der Waals surface area contributed by atoms with Gasteiger partial charge in [0.25, 0.3) is 0 Å². The van der Waals surface area contributed by atoms with Crippen molar-refractivity contribution in [2.24, 2.45) is 46.3 Å².